The number of carbonyl (C=O) groups is 1. The number of carboxylic acids is 1. The highest BCUT2D eigenvalue weighted by atomic mass is 16.4. The SMILES string of the molecule is N=C(NCC1(N)CC1)N1CC(CCCB(O)O)C(N)(C(=O)O)C1. The lowest BCUT2D eigenvalue weighted by Crippen LogP contribution is -2.55. The van der Waals surface area contributed by atoms with E-state index < -0.39 is 18.6 Å². The highest BCUT2D eigenvalue weighted by molar-refractivity contribution is 6.40. The Labute approximate surface area is 135 Å². The topological polar surface area (TPSA) is 169 Å². The quantitative estimate of drug-likeness (QED) is 0.159. The van der Waals surface area contributed by atoms with Crippen LogP contribution in [0.15, 0.2) is 0 Å². The van der Waals surface area contributed by atoms with Crippen LogP contribution >= 0.6 is 0 Å². The van der Waals surface area contributed by atoms with Gasteiger partial charge in [0.05, 0.1) is 0 Å². The average Bonchev–Trinajstić information content (AvgIpc) is 3.10. The first-order chi connectivity index (χ1) is 10.7. The Hall–Kier alpha value is -1.36. The third-order valence-corrected chi connectivity index (χ3v) is 4.85. The van der Waals surface area contributed by atoms with Gasteiger partial charge in [-0.25, -0.2) is 0 Å². The Balaban J connectivity index is 1.92. The lowest BCUT2D eigenvalue weighted by atomic mass is 9.78. The molecular formula is C13H26BN5O4. The zero-order chi connectivity index (χ0) is 17.3. The number of nitrogens with zero attached hydrogens (tertiary/aromatic N) is 1. The van der Waals surface area contributed by atoms with Crippen molar-refractivity contribution in [2.45, 2.75) is 43.1 Å². The molecule has 10 heteroatoms. The van der Waals surface area contributed by atoms with Gasteiger partial charge < -0.3 is 36.8 Å². The standard InChI is InChI=1S/C13H26BN5O4/c15-11(18-7-12(16)3-4-12)19-6-9(2-1-5-14(22)23)13(17,8-19)10(20)21/h9,22-23H,1-8,16-17H2,(H2,15,18)(H,20,21). The van der Waals surface area contributed by atoms with Crippen LogP contribution < -0.4 is 16.8 Å². The van der Waals surface area contributed by atoms with Crippen molar-refractivity contribution >= 4 is 19.0 Å². The first-order valence-electron chi connectivity index (χ1n) is 7.91. The van der Waals surface area contributed by atoms with Crippen LogP contribution in [0.5, 0.6) is 0 Å². The summed E-state index contributed by atoms with van der Waals surface area (Å²) in [5.74, 6) is -1.31. The Morgan fingerprint density at radius 2 is 2.04 bits per heavy atom. The van der Waals surface area contributed by atoms with E-state index in [4.69, 9.17) is 26.9 Å². The summed E-state index contributed by atoms with van der Waals surface area (Å²) in [7, 11) is -1.40. The molecule has 0 radical (unpaired) electrons. The number of nitrogens with two attached hydrogens (primary N) is 2. The van der Waals surface area contributed by atoms with Gasteiger partial charge in [-0.1, -0.05) is 6.42 Å². The molecule has 9 nitrogen and oxygen atoms in total. The molecule has 2 aliphatic rings. The van der Waals surface area contributed by atoms with Crippen molar-refractivity contribution in [2.24, 2.45) is 17.4 Å². The van der Waals surface area contributed by atoms with Crippen molar-refractivity contribution in [3.05, 3.63) is 0 Å². The Kier molecular flexibility index (Phi) is 5.19. The van der Waals surface area contributed by atoms with Crippen LogP contribution in [0.1, 0.15) is 25.7 Å². The van der Waals surface area contributed by atoms with E-state index in [0.717, 1.165) is 12.8 Å². The van der Waals surface area contributed by atoms with E-state index in [9.17, 15) is 9.90 Å². The monoisotopic (exact) mass is 327 g/mol. The van der Waals surface area contributed by atoms with Crippen LogP contribution in [0.4, 0.5) is 0 Å². The van der Waals surface area contributed by atoms with Crippen LogP contribution in [0.2, 0.25) is 6.32 Å². The number of aliphatic carboxylic acids is 1. The fourth-order valence-corrected chi connectivity index (χ4v) is 2.96. The number of guanidine groups is 1. The maximum atomic E-state index is 11.6. The number of nitrogens with one attached hydrogen (secondary N) is 2. The highest BCUT2D eigenvalue weighted by Gasteiger charge is 2.50. The van der Waals surface area contributed by atoms with Crippen LogP contribution in [0.3, 0.4) is 0 Å². The first kappa shape index (κ1) is 18.0. The summed E-state index contributed by atoms with van der Waals surface area (Å²) in [6.45, 7) is 0.903. The molecule has 2 atom stereocenters. The van der Waals surface area contributed by atoms with Crippen molar-refractivity contribution in [1.29, 1.82) is 5.41 Å². The van der Waals surface area contributed by atoms with E-state index in [1.165, 1.54) is 0 Å². The van der Waals surface area contributed by atoms with Crippen molar-refractivity contribution in [1.82, 2.24) is 10.2 Å². The minimum absolute atomic E-state index is 0.0537. The van der Waals surface area contributed by atoms with Crippen LogP contribution in [0.25, 0.3) is 0 Å². The molecule has 2 unspecified atom stereocenters. The third kappa shape index (κ3) is 4.34. The summed E-state index contributed by atoms with van der Waals surface area (Å²) in [4.78, 5) is 13.2. The van der Waals surface area contributed by atoms with Gasteiger partial charge in [0.2, 0.25) is 0 Å². The minimum Gasteiger partial charge on any atom is -0.480 e. The summed E-state index contributed by atoms with van der Waals surface area (Å²) in [6.07, 6.45) is 2.96. The van der Waals surface area contributed by atoms with Gasteiger partial charge >= 0.3 is 13.1 Å². The molecule has 23 heavy (non-hydrogen) atoms. The molecule has 1 saturated heterocycles. The normalized spacial score (nSPS) is 28.5. The van der Waals surface area contributed by atoms with Gasteiger partial charge in [0.15, 0.2) is 5.96 Å². The number of likely N-dealkylation sites (tertiary alicyclic amines) is 1. The maximum absolute atomic E-state index is 11.6. The average molecular weight is 327 g/mol. The Morgan fingerprint density at radius 3 is 2.57 bits per heavy atom. The fraction of sp³-hybridized carbons (Fsp3) is 0.846. The smallest absolute Gasteiger partial charge is 0.451 e. The predicted molar refractivity (Wildman–Crippen MR) is 85.7 cm³/mol. The molecule has 1 saturated carbocycles. The van der Waals surface area contributed by atoms with E-state index in [-0.39, 0.29) is 30.3 Å². The van der Waals surface area contributed by atoms with Crippen molar-refractivity contribution in [3.8, 4) is 0 Å². The van der Waals surface area contributed by atoms with E-state index in [1.807, 2.05) is 0 Å². The molecule has 0 bridgehead atoms. The molecular weight excluding hydrogens is 301 g/mol. The number of rotatable bonds is 7. The summed E-state index contributed by atoms with van der Waals surface area (Å²) >= 11 is 0. The van der Waals surface area contributed by atoms with Gasteiger partial charge in [-0.3, -0.25) is 10.2 Å². The molecule has 0 amide bonds. The Morgan fingerprint density at radius 1 is 1.39 bits per heavy atom. The molecule has 2 rings (SSSR count). The molecule has 9 N–H and O–H groups in total. The zero-order valence-electron chi connectivity index (χ0n) is 13.2. The molecule has 1 aliphatic heterocycles. The van der Waals surface area contributed by atoms with Crippen LogP contribution in [-0.2, 0) is 4.79 Å². The van der Waals surface area contributed by atoms with Crippen molar-refractivity contribution in [2.75, 3.05) is 19.6 Å². The van der Waals surface area contributed by atoms with E-state index >= 15 is 0 Å². The molecule has 2 fully saturated rings. The van der Waals surface area contributed by atoms with E-state index in [1.54, 1.807) is 4.90 Å². The number of hydrogen-bond donors (Lipinski definition) is 7. The minimum atomic E-state index is -1.44. The maximum Gasteiger partial charge on any atom is 0.451 e. The molecule has 0 aromatic carbocycles. The van der Waals surface area contributed by atoms with E-state index in [2.05, 4.69) is 5.32 Å². The van der Waals surface area contributed by atoms with Gasteiger partial charge in [-0.2, -0.15) is 0 Å². The molecule has 1 heterocycles. The second-order valence-electron chi connectivity index (χ2n) is 6.90. The summed E-state index contributed by atoms with van der Waals surface area (Å²) in [6, 6.07) is 0. The lowest BCUT2D eigenvalue weighted by Gasteiger charge is -2.25. The lowest BCUT2D eigenvalue weighted by molar-refractivity contribution is -0.144. The van der Waals surface area contributed by atoms with Crippen LogP contribution in [0, 0.1) is 11.3 Å². The number of carboxylic acid groups (broad SMARTS) is 1. The number of hydrogen-bond acceptors (Lipinski definition) is 6. The largest absolute Gasteiger partial charge is 0.480 e. The summed E-state index contributed by atoms with van der Waals surface area (Å²) < 4.78 is 0. The first-order valence-corrected chi connectivity index (χ1v) is 7.91. The van der Waals surface area contributed by atoms with Gasteiger partial charge in [0.1, 0.15) is 5.54 Å². The molecule has 0 spiro atoms. The second kappa shape index (κ2) is 6.64. The van der Waals surface area contributed by atoms with Gasteiger partial charge in [-0.05, 0) is 25.6 Å². The van der Waals surface area contributed by atoms with Gasteiger partial charge in [-0.15, -0.1) is 0 Å². The van der Waals surface area contributed by atoms with Crippen molar-refractivity contribution in [3.63, 3.8) is 0 Å². The van der Waals surface area contributed by atoms with Gasteiger partial charge in [0, 0.05) is 31.1 Å². The fourth-order valence-electron chi connectivity index (χ4n) is 2.96. The molecule has 130 valence electrons. The van der Waals surface area contributed by atoms with Crippen LogP contribution in [-0.4, -0.2) is 69.8 Å². The van der Waals surface area contributed by atoms with Gasteiger partial charge in [0.25, 0.3) is 0 Å². The molecule has 0 aromatic heterocycles. The van der Waals surface area contributed by atoms with Crippen molar-refractivity contribution < 1.29 is 19.9 Å². The van der Waals surface area contributed by atoms with E-state index in [0.29, 0.717) is 25.9 Å². The highest BCUT2D eigenvalue weighted by Crippen LogP contribution is 2.32. The summed E-state index contributed by atoms with van der Waals surface area (Å²) in [5.41, 5.74) is 10.4. The zero-order valence-corrected chi connectivity index (χ0v) is 13.2. The molecule has 1 aliphatic carbocycles. The third-order valence-electron chi connectivity index (χ3n) is 4.85. The summed E-state index contributed by atoms with van der Waals surface area (Å²) in [5, 5.41) is 38.3. The Bertz CT molecular complexity index is 473. The molecule has 0 aromatic rings. The predicted octanol–water partition coefficient (Wildman–Crippen LogP) is -2.03. The second-order valence-corrected chi connectivity index (χ2v) is 6.90.